The zero-order valence-corrected chi connectivity index (χ0v) is 9.35. The highest BCUT2D eigenvalue weighted by Crippen LogP contribution is 2.30. The molecule has 0 unspecified atom stereocenters. The largest absolute Gasteiger partial charge is 0.481 e. The lowest BCUT2D eigenvalue weighted by Gasteiger charge is -2.02. The van der Waals surface area contributed by atoms with E-state index >= 15 is 0 Å². The van der Waals surface area contributed by atoms with Crippen LogP contribution >= 0.6 is 11.6 Å². The third-order valence-electron chi connectivity index (χ3n) is 1.94. The first-order valence-corrected chi connectivity index (χ1v) is 4.91. The number of hydrogen-bond donors (Lipinski definition) is 2. The summed E-state index contributed by atoms with van der Waals surface area (Å²) in [4.78, 5) is 20.3. The molecule has 1 rings (SSSR count). The van der Waals surface area contributed by atoms with Gasteiger partial charge in [-0.05, 0) is 6.07 Å². The second-order valence-corrected chi connectivity index (χ2v) is 3.62. The van der Waals surface area contributed by atoms with Gasteiger partial charge in [-0.2, -0.15) is 0 Å². The number of nitro groups is 1. The maximum Gasteiger partial charge on any atom is 0.307 e. The van der Waals surface area contributed by atoms with Gasteiger partial charge in [0.2, 0.25) is 0 Å². The Hall–Kier alpha value is -2.08. The van der Waals surface area contributed by atoms with Crippen LogP contribution in [0.2, 0.25) is 5.02 Å². The minimum Gasteiger partial charge on any atom is -0.481 e. The molecule has 6 nitrogen and oxygen atoms in total. The molecule has 1 aromatic carbocycles. The average Bonchev–Trinajstić information content (AvgIpc) is 2.21. The Morgan fingerprint density at radius 3 is 2.76 bits per heavy atom. The Morgan fingerprint density at radius 2 is 2.24 bits per heavy atom. The quantitative estimate of drug-likeness (QED) is 0.488. The van der Waals surface area contributed by atoms with E-state index in [1.54, 1.807) is 0 Å². The van der Waals surface area contributed by atoms with Crippen molar-refractivity contribution >= 4 is 35.0 Å². The van der Waals surface area contributed by atoms with Gasteiger partial charge in [0.05, 0.1) is 11.3 Å². The summed E-state index contributed by atoms with van der Waals surface area (Å²) in [5.41, 5.74) is 5.56. The predicted molar refractivity (Wildman–Crippen MR) is 63.8 cm³/mol. The van der Waals surface area contributed by atoms with Crippen LogP contribution in [0.5, 0.6) is 0 Å². The van der Waals surface area contributed by atoms with Crippen molar-refractivity contribution in [1.29, 1.82) is 0 Å². The van der Waals surface area contributed by atoms with E-state index in [0.29, 0.717) is 5.56 Å². The summed E-state index contributed by atoms with van der Waals surface area (Å²) in [6.07, 6.45) is 2.54. The number of aliphatic carboxylic acids is 1. The fourth-order valence-corrected chi connectivity index (χ4v) is 1.42. The molecule has 3 N–H and O–H groups in total. The number of nitrogens with two attached hydrogens (primary N) is 1. The fourth-order valence-electron chi connectivity index (χ4n) is 1.20. The monoisotopic (exact) mass is 256 g/mol. The van der Waals surface area contributed by atoms with Crippen molar-refractivity contribution in [2.75, 3.05) is 5.73 Å². The van der Waals surface area contributed by atoms with Crippen molar-refractivity contribution in [3.05, 3.63) is 38.9 Å². The average molecular weight is 257 g/mol. The molecule has 90 valence electrons. The Kier molecular flexibility index (Phi) is 4.06. The van der Waals surface area contributed by atoms with E-state index in [-0.39, 0.29) is 22.8 Å². The van der Waals surface area contributed by atoms with E-state index in [1.807, 2.05) is 0 Å². The third-order valence-corrected chi connectivity index (χ3v) is 2.16. The molecule has 0 bridgehead atoms. The van der Waals surface area contributed by atoms with Gasteiger partial charge in [0.1, 0.15) is 5.69 Å². The van der Waals surface area contributed by atoms with Crippen LogP contribution in [0.1, 0.15) is 12.0 Å². The first kappa shape index (κ1) is 13.0. The van der Waals surface area contributed by atoms with Crippen LogP contribution in [-0.4, -0.2) is 16.0 Å². The SMILES string of the molecule is Nc1c(C=CCC(=O)O)cc(Cl)cc1[N+](=O)[O-]. The van der Waals surface area contributed by atoms with Crippen LogP contribution in [0.15, 0.2) is 18.2 Å². The van der Waals surface area contributed by atoms with Gasteiger partial charge in [0.25, 0.3) is 5.69 Å². The van der Waals surface area contributed by atoms with E-state index < -0.39 is 10.9 Å². The topological polar surface area (TPSA) is 106 Å². The molecular formula is C10H9ClN2O4. The lowest BCUT2D eigenvalue weighted by molar-refractivity contribution is -0.383. The number of nitrogen functional groups attached to an aromatic ring is 1. The van der Waals surface area contributed by atoms with E-state index in [9.17, 15) is 14.9 Å². The second kappa shape index (κ2) is 5.31. The first-order chi connectivity index (χ1) is 7.91. The maximum absolute atomic E-state index is 10.7. The molecule has 0 saturated carbocycles. The number of carbonyl (C=O) groups is 1. The van der Waals surface area contributed by atoms with Crippen LogP contribution in [-0.2, 0) is 4.79 Å². The minimum absolute atomic E-state index is 0.0407. The molecule has 7 heteroatoms. The molecule has 0 aliphatic heterocycles. The third kappa shape index (κ3) is 3.46. The number of nitrogens with zero attached hydrogens (tertiary/aromatic N) is 1. The Morgan fingerprint density at radius 1 is 1.59 bits per heavy atom. The van der Waals surface area contributed by atoms with Gasteiger partial charge < -0.3 is 10.8 Å². The molecule has 0 spiro atoms. The van der Waals surface area contributed by atoms with Gasteiger partial charge in [-0.25, -0.2) is 0 Å². The van der Waals surface area contributed by atoms with Gasteiger partial charge in [-0.15, -0.1) is 0 Å². The molecule has 0 radical (unpaired) electrons. The molecule has 17 heavy (non-hydrogen) atoms. The van der Waals surface area contributed by atoms with E-state index in [2.05, 4.69) is 0 Å². The van der Waals surface area contributed by atoms with Crippen LogP contribution in [0.4, 0.5) is 11.4 Å². The zero-order chi connectivity index (χ0) is 13.0. The number of hydrogen-bond acceptors (Lipinski definition) is 4. The van der Waals surface area contributed by atoms with Gasteiger partial charge in [0.15, 0.2) is 0 Å². The molecule has 1 aromatic rings. The smallest absolute Gasteiger partial charge is 0.307 e. The molecule has 0 fully saturated rings. The highest BCUT2D eigenvalue weighted by Gasteiger charge is 2.15. The fraction of sp³-hybridized carbons (Fsp3) is 0.100. The summed E-state index contributed by atoms with van der Waals surface area (Å²) in [6.45, 7) is 0. The van der Waals surface area contributed by atoms with Gasteiger partial charge in [-0.3, -0.25) is 14.9 Å². The summed E-state index contributed by atoms with van der Waals surface area (Å²) in [6, 6.07) is 2.58. The summed E-state index contributed by atoms with van der Waals surface area (Å²) < 4.78 is 0. The standard InChI is InChI=1S/C10H9ClN2O4/c11-7-4-6(2-1-3-9(14)15)10(12)8(5-7)13(16)17/h1-2,4-5H,3,12H2,(H,14,15). The highest BCUT2D eigenvalue weighted by atomic mass is 35.5. The lowest BCUT2D eigenvalue weighted by atomic mass is 10.1. The minimum atomic E-state index is -1.00. The number of halogens is 1. The van der Waals surface area contributed by atoms with Crippen molar-refractivity contribution in [3.8, 4) is 0 Å². The molecule has 0 aliphatic carbocycles. The Balaban J connectivity index is 3.11. The van der Waals surface area contributed by atoms with E-state index in [0.717, 1.165) is 6.07 Å². The Labute approximate surface area is 101 Å². The van der Waals surface area contributed by atoms with Crippen LogP contribution in [0.25, 0.3) is 6.08 Å². The maximum atomic E-state index is 10.7. The van der Waals surface area contributed by atoms with Crippen LogP contribution in [0, 0.1) is 10.1 Å². The normalized spacial score (nSPS) is 10.6. The van der Waals surface area contributed by atoms with E-state index in [1.165, 1.54) is 18.2 Å². The van der Waals surface area contributed by atoms with Gasteiger partial charge in [0, 0.05) is 16.7 Å². The van der Waals surface area contributed by atoms with Crippen molar-refractivity contribution < 1.29 is 14.8 Å². The molecule has 0 heterocycles. The van der Waals surface area contributed by atoms with E-state index in [4.69, 9.17) is 22.4 Å². The van der Waals surface area contributed by atoms with Crippen LogP contribution < -0.4 is 5.73 Å². The van der Waals surface area contributed by atoms with Crippen molar-refractivity contribution in [3.63, 3.8) is 0 Å². The summed E-state index contributed by atoms with van der Waals surface area (Å²) in [7, 11) is 0. The number of benzene rings is 1. The molecule has 0 saturated heterocycles. The van der Waals surface area contributed by atoms with Crippen molar-refractivity contribution in [2.45, 2.75) is 6.42 Å². The molecule has 0 atom stereocenters. The summed E-state index contributed by atoms with van der Waals surface area (Å²) in [5.74, 6) is -1.00. The highest BCUT2D eigenvalue weighted by molar-refractivity contribution is 6.31. The van der Waals surface area contributed by atoms with Crippen molar-refractivity contribution in [1.82, 2.24) is 0 Å². The number of carboxylic acids is 1. The zero-order valence-electron chi connectivity index (χ0n) is 8.59. The number of carboxylic acid groups (broad SMARTS) is 1. The number of nitro benzene ring substituents is 1. The molecule has 0 amide bonds. The second-order valence-electron chi connectivity index (χ2n) is 3.19. The molecule has 0 aliphatic rings. The van der Waals surface area contributed by atoms with Gasteiger partial charge >= 0.3 is 5.97 Å². The Bertz CT molecular complexity index is 499. The first-order valence-electron chi connectivity index (χ1n) is 4.53. The predicted octanol–water partition coefficient (Wildman–Crippen LogP) is 2.32. The molecular weight excluding hydrogens is 248 g/mol. The summed E-state index contributed by atoms with van der Waals surface area (Å²) >= 11 is 5.70. The number of rotatable bonds is 4. The molecule has 0 aromatic heterocycles. The lowest BCUT2D eigenvalue weighted by Crippen LogP contribution is -1.98. The van der Waals surface area contributed by atoms with Crippen LogP contribution in [0.3, 0.4) is 0 Å². The van der Waals surface area contributed by atoms with Gasteiger partial charge in [-0.1, -0.05) is 23.8 Å². The summed E-state index contributed by atoms with van der Waals surface area (Å²) in [5, 5.41) is 19.3. The van der Waals surface area contributed by atoms with Crippen molar-refractivity contribution in [2.24, 2.45) is 0 Å². The number of anilines is 1.